The van der Waals surface area contributed by atoms with E-state index in [0.717, 1.165) is 11.7 Å². The van der Waals surface area contributed by atoms with E-state index < -0.39 is 0 Å². The van der Waals surface area contributed by atoms with E-state index in [0.29, 0.717) is 20.2 Å². The van der Waals surface area contributed by atoms with Crippen molar-refractivity contribution in [3.8, 4) is 11.3 Å². The second-order valence-electron chi connectivity index (χ2n) is 4.34. The summed E-state index contributed by atoms with van der Waals surface area (Å²) in [6, 6.07) is 16.5. The summed E-state index contributed by atoms with van der Waals surface area (Å²) in [5.41, 5.74) is 0.841. The fraction of sp³-hybridized carbons (Fsp3) is 0.0625. The van der Waals surface area contributed by atoms with Crippen LogP contribution in [0.15, 0.2) is 65.2 Å². The molecule has 0 fully saturated rings. The van der Waals surface area contributed by atoms with Gasteiger partial charge in [0.25, 0.3) is 0 Å². The van der Waals surface area contributed by atoms with Crippen LogP contribution in [0.1, 0.15) is 5.89 Å². The first kappa shape index (κ1) is 13.0. The minimum Gasteiger partial charge on any atom is -0.440 e. The Balaban J connectivity index is 1.69. The average Bonchev–Trinajstić information content (AvgIpc) is 2.96. The fourth-order valence-corrected chi connectivity index (χ4v) is 2.82. The maximum Gasteiger partial charge on any atom is 0.199 e. The summed E-state index contributed by atoms with van der Waals surface area (Å²) in [6.45, 7) is 0. The molecule has 1 atom stereocenters. The van der Waals surface area contributed by atoms with Gasteiger partial charge in [-0.2, -0.15) is 0 Å². The predicted octanol–water partition coefficient (Wildman–Crippen LogP) is 3.98. The highest BCUT2D eigenvalue weighted by atomic mass is 31.1. The number of nitrogens with zero attached hydrogens (tertiary/aromatic N) is 1. The lowest BCUT2D eigenvalue weighted by Crippen LogP contribution is -1.92. The molecule has 3 rings (SSSR count). The molecule has 0 radical (unpaired) electrons. The molecule has 0 saturated heterocycles. The molecule has 1 unspecified atom stereocenters. The zero-order valence-corrected chi connectivity index (χ0v) is 11.7. The third-order valence-electron chi connectivity index (χ3n) is 2.90. The zero-order valence-electron chi connectivity index (χ0n) is 10.7. The molecule has 0 aliphatic carbocycles. The van der Waals surface area contributed by atoms with Gasteiger partial charge in [0.1, 0.15) is 5.82 Å². The van der Waals surface area contributed by atoms with Gasteiger partial charge in [0.05, 0.1) is 6.20 Å². The molecule has 20 heavy (non-hydrogen) atoms. The van der Waals surface area contributed by atoms with Crippen LogP contribution in [0, 0.1) is 5.82 Å². The van der Waals surface area contributed by atoms with Crippen LogP contribution in [0.4, 0.5) is 4.39 Å². The van der Waals surface area contributed by atoms with Gasteiger partial charge in [0, 0.05) is 11.7 Å². The van der Waals surface area contributed by atoms with Crippen molar-refractivity contribution >= 4 is 13.9 Å². The lowest BCUT2D eigenvalue weighted by molar-refractivity contribution is 0.529. The van der Waals surface area contributed by atoms with Gasteiger partial charge in [-0.05, 0) is 29.6 Å². The smallest absolute Gasteiger partial charge is 0.199 e. The van der Waals surface area contributed by atoms with Crippen molar-refractivity contribution in [2.24, 2.45) is 0 Å². The van der Waals surface area contributed by atoms with Gasteiger partial charge in [-0.1, -0.05) is 38.9 Å². The van der Waals surface area contributed by atoms with Crippen LogP contribution < -0.4 is 5.30 Å². The van der Waals surface area contributed by atoms with Crippen molar-refractivity contribution in [1.82, 2.24) is 4.98 Å². The Morgan fingerprint density at radius 2 is 1.75 bits per heavy atom. The minimum atomic E-state index is -0.251. The number of hydrogen-bond donors (Lipinski definition) is 0. The van der Waals surface area contributed by atoms with E-state index in [2.05, 4.69) is 17.1 Å². The number of hydrogen-bond acceptors (Lipinski definition) is 2. The number of aromatic nitrogens is 1. The van der Waals surface area contributed by atoms with Crippen LogP contribution in [0.25, 0.3) is 11.3 Å². The van der Waals surface area contributed by atoms with Gasteiger partial charge >= 0.3 is 0 Å². The van der Waals surface area contributed by atoms with Crippen molar-refractivity contribution in [3.63, 3.8) is 0 Å². The Morgan fingerprint density at radius 1 is 1.00 bits per heavy atom. The van der Waals surface area contributed by atoms with E-state index in [1.165, 1.54) is 17.4 Å². The molecule has 0 aliphatic heterocycles. The molecule has 100 valence electrons. The molecule has 3 aromatic rings. The predicted molar refractivity (Wildman–Crippen MR) is 80.0 cm³/mol. The summed E-state index contributed by atoms with van der Waals surface area (Å²) in [4.78, 5) is 4.28. The summed E-state index contributed by atoms with van der Waals surface area (Å²) < 4.78 is 18.6. The molecule has 1 heterocycles. The van der Waals surface area contributed by atoms with E-state index in [4.69, 9.17) is 4.42 Å². The molecular weight excluding hydrogens is 272 g/mol. The van der Waals surface area contributed by atoms with Crippen LogP contribution >= 0.6 is 8.58 Å². The highest BCUT2D eigenvalue weighted by molar-refractivity contribution is 7.46. The summed E-state index contributed by atoms with van der Waals surface area (Å²) in [7, 11) is 0.635. The lowest BCUT2D eigenvalue weighted by Gasteiger charge is -1.98. The van der Waals surface area contributed by atoms with Crippen LogP contribution in [-0.2, 0) is 6.16 Å². The number of benzene rings is 2. The van der Waals surface area contributed by atoms with Crippen LogP contribution in [0.3, 0.4) is 0 Å². The van der Waals surface area contributed by atoms with E-state index >= 15 is 0 Å². The van der Waals surface area contributed by atoms with Crippen molar-refractivity contribution < 1.29 is 8.81 Å². The second kappa shape index (κ2) is 5.98. The maximum absolute atomic E-state index is 12.9. The average molecular weight is 285 g/mol. The second-order valence-corrected chi connectivity index (χ2v) is 5.63. The van der Waals surface area contributed by atoms with Crippen molar-refractivity contribution in [3.05, 3.63) is 72.5 Å². The molecule has 2 aromatic carbocycles. The number of oxazole rings is 1. The third-order valence-corrected chi connectivity index (χ3v) is 4.12. The molecule has 0 bridgehead atoms. The molecule has 2 nitrogen and oxygen atoms in total. The minimum absolute atomic E-state index is 0.251. The topological polar surface area (TPSA) is 26.0 Å². The van der Waals surface area contributed by atoms with Crippen molar-refractivity contribution in [2.45, 2.75) is 6.16 Å². The summed E-state index contributed by atoms with van der Waals surface area (Å²) in [6.07, 6.45) is 2.48. The number of halogens is 1. The molecular formula is C16H13FNOP. The van der Waals surface area contributed by atoms with Gasteiger partial charge < -0.3 is 4.42 Å². The molecule has 4 heteroatoms. The highest BCUT2D eigenvalue weighted by Crippen LogP contribution is 2.24. The fourth-order valence-electron chi connectivity index (χ4n) is 1.87. The summed E-state index contributed by atoms with van der Waals surface area (Å²) in [5, 5.41) is 1.29. The first-order valence-electron chi connectivity index (χ1n) is 6.31. The van der Waals surface area contributed by atoms with Crippen LogP contribution in [0.2, 0.25) is 0 Å². The van der Waals surface area contributed by atoms with Gasteiger partial charge in [0.15, 0.2) is 11.7 Å². The zero-order chi connectivity index (χ0) is 13.8. The SMILES string of the molecule is Fc1ccc(-c2cnc(CPc3ccccc3)o2)cc1. The Labute approximate surface area is 118 Å². The molecule has 0 saturated carbocycles. The summed E-state index contributed by atoms with van der Waals surface area (Å²) >= 11 is 0. The lowest BCUT2D eigenvalue weighted by atomic mass is 10.2. The summed E-state index contributed by atoms with van der Waals surface area (Å²) in [5.74, 6) is 1.14. The Bertz CT molecular complexity index is 679. The molecule has 0 N–H and O–H groups in total. The highest BCUT2D eigenvalue weighted by Gasteiger charge is 2.06. The van der Waals surface area contributed by atoms with E-state index in [9.17, 15) is 4.39 Å². The van der Waals surface area contributed by atoms with Crippen molar-refractivity contribution in [2.75, 3.05) is 0 Å². The van der Waals surface area contributed by atoms with Gasteiger partial charge in [-0.25, -0.2) is 9.37 Å². The third kappa shape index (κ3) is 3.12. The quantitative estimate of drug-likeness (QED) is 0.678. The first-order chi connectivity index (χ1) is 9.81. The largest absolute Gasteiger partial charge is 0.440 e. The molecule has 0 aliphatic rings. The monoisotopic (exact) mass is 285 g/mol. The number of rotatable bonds is 4. The Hall–Kier alpha value is -1.99. The van der Waals surface area contributed by atoms with Crippen LogP contribution in [0.5, 0.6) is 0 Å². The van der Waals surface area contributed by atoms with Gasteiger partial charge in [-0.15, -0.1) is 0 Å². The van der Waals surface area contributed by atoms with Crippen molar-refractivity contribution in [1.29, 1.82) is 0 Å². The molecule has 0 spiro atoms. The Kier molecular flexibility index (Phi) is 3.89. The normalized spacial score (nSPS) is 11.2. The first-order valence-corrected chi connectivity index (χ1v) is 7.51. The van der Waals surface area contributed by atoms with E-state index in [1.54, 1.807) is 18.3 Å². The van der Waals surface area contributed by atoms with E-state index in [1.807, 2.05) is 18.2 Å². The Morgan fingerprint density at radius 3 is 2.50 bits per heavy atom. The molecule has 1 aromatic heterocycles. The maximum atomic E-state index is 12.9. The van der Waals surface area contributed by atoms with Gasteiger partial charge in [-0.3, -0.25) is 0 Å². The molecule has 0 amide bonds. The van der Waals surface area contributed by atoms with Gasteiger partial charge in [0.2, 0.25) is 0 Å². The standard InChI is InChI=1S/C16H13FNOP/c17-13-8-6-12(7-9-13)15-10-18-16(19-15)11-20-14-4-2-1-3-5-14/h1-10,20H,11H2. The van der Waals surface area contributed by atoms with Crippen LogP contribution in [-0.4, -0.2) is 4.98 Å². The van der Waals surface area contributed by atoms with E-state index in [-0.39, 0.29) is 5.82 Å².